The number of amides is 2. The van der Waals surface area contributed by atoms with Gasteiger partial charge in [0.25, 0.3) is 11.6 Å². The van der Waals surface area contributed by atoms with Gasteiger partial charge in [0.15, 0.2) is 12.6 Å². The van der Waals surface area contributed by atoms with Gasteiger partial charge in [-0.2, -0.15) is 0 Å². The first kappa shape index (κ1) is 61.9. The fourth-order valence-electron chi connectivity index (χ4n) is 8.39. The Labute approximate surface area is 427 Å². The van der Waals surface area contributed by atoms with Crippen molar-refractivity contribution in [2.24, 2.45) is 5.11 Å². The van der Waals surface area contributed by atoms with E-state index >= 15 is 0 Å². The van der Waals surface area contributed by atoms with E-state index < -0.39 is 223 Å². The SMILES string of the molecule is C#CCO[C@@H]1O[C@H](CO[C@]2(C(=O)O)C[C@H](O)[C@@H](NC(=O)Cn3cc(CO[C@@H]4O[C@H](CO[C@]5(C(=O)O)C[C@H](O)[C@@H](NC(=O)CN=[N+]=[N-])[C@H]([C@H](O)[C@H](O)CO)O5)[C@H](O)[C@H](O)[C@H]4O)nn3)[C@H]([C@H](O)[C@H](O)CO)O2)[C@H](O)[C@H](O)[C@H]1O. The molecule has 0 saturated carbocycles. The van der Waals surface area contributed by atoms with Gasteiger partial charge in [-0.1, -0.05) is 16.2 Å². The molecule has 4 saturated heterocycles. The first-order valence-electron chi connectivity index (χ1n) is 22.8. The third-order valence-electron chi connectivity index (χ3n) is 12.5. The average molecular weight is 1100 g/mol. The zero-order chi connectivity index (χ0) is 56.4. The van der Waals surface area contributed by atoms with Gasteiger partial charge in [-0.15, -0.1) is 11.5 Å². The average Bonchev–Trinajstić information content (AvgIpc) is 3.84. The number of aliphatic hydroxyl groups excluding tert-OH is 14. The van der Waals surface area contributed by atoms with Gasteiger partial charge in [-0.25, -0.2) is 14.3 Å². The van der Waals surface area contributed by atoms with Crippen LogP contribution >= 0.6 is 0 Å². The maximum Gasteiger partial charge on any atom is 0.364 e. The monoisotopic (exact) mass is 1100 g/mol. The molecule has 1 aromatic rings. The summed E-state index contributed by atoms with van der Waals surface area (Å²) >= 11 is 0. The summed E-state index contributed by atoms with van der Waals surface area (Å²) in [6.45, 7) is -6.83. The van der Waals surface area contributed by atoms with Crippen molar-refractivity contribution in [3.63, 3.8) is 0 Å². The number of hydrogen-bond acceptors (Lipinski definition) is 29. The van der Waals surface area contributed by atoms with Crippen LogP contribution in [0.2, 0.25) is 0 Å². The molecule has 0 aromatic carbocycles. The molecule has 36 heteroatoms. The largest absolute Gasteiger partial charge is 0.477 e. The molecule has 5 rings (SSSR count). The number of nitrogens with zero attached hydrogens (tertiary/aromatic N) is 6. The lowest BCUT2D eigenvalue weighted by Crippen LogP contribution is -2.68. The molecular weight excluding hydrogens is 1040 g/mol. The number of carbonyl (C=O) groups excluding carboxylic acids is 2. The number of carboxylic acid groups (broad SMARTS) is 2. The molecule has 1 aromatic heterocycles. The van der Waals surface area contributed by atoms with Crippen molar-refractivity contribution in [2.45, 2.75) is 160 Å². The minimum atomic E-state index is -2.96. The van der Waals surface area contributed by atoms with Crippen LogP contribution in [0.1, 0.15) is 18.5 Å². The van der Waals surface area contributed by atoms with Crippen molar-refractivity contribution < 1.29 is 139 Å². The maximum atomic E-state index is 13.4. The first-order valence-corrected chi connectivity index (χ1v) is 22.8. The summed E-state index contributed by atoms with van der Waals surface area (Å²) in [5.74, 6) is -9.74. The molecule has 76 heavy (non-hydrogen) atoms. The summed E-state index contributed by atoms with van der Waals surface area (Å²) < 4.78 is 44.7. The Kier molecular flexibility index (Phi) is 22.0. The smallest absolute Gasteiger partial charge is 0.364 e. The van der Waals surface area contributed by atoms with Gasteiger partial charge in [0.05, 0.1) is 63.5 Å². The molecule has 0 spiro atoms. The number of nitrogens with one attached hydrogen (secondary N) is 2. The number of ether oxygens (including phenoxy) is 8. The Balaban J connectivity index is 1.23. The van der Waals surface area contributed by atoms with E-state index in [-0.39, 0.29) is 5.69 Å². The number of carboxylic acids is 2. The first-order chi connectivity index (χ1) is 35.9. The second kappa shape index (κ2) is 27.1. The standard InChI is InChI=1S/C40H60N8O28/c1-2-3-69-35-31(63)29(61)27(59)19(73-35)12-71-40(38(67)68)5-16(52)24(34(76-40)26(58)18(54)10-50)44-22(56)8-48-7-14(45-47-48)11-70-36-32(64)30(62)28(60)20(74-36)13-72-39(37(65)66)4-15(51)23(43-21(55)6-42-46-41)33(75-39)25(57)17(53)9-49/h1,7,15-20,23-36,49-54,57-64H,3-6,8-13H2,(H,43,55)(H,44,56)(H,65,66)(H,67,68)/t15-,16-,17+,18+,19+,20+,23+,24+,25+,26+,27-,28-,29-,30-,31+,32+,33+,34+,35+,36+,39+,40+/m0/s1. The highest BCUT2D eigenvalue weighted by molar-refractivity contribution is 5.79. The van der Waals surface area contributed by atoms with Crippen molar-refractivity contribution in [3.05, 3.63) is 22.3 Å². The van der Waals surface area contributed by atoms with E-state index in [9.17, 15) is 101 Å². The molecule has 22 atom stereocenters. The molecule has 428 valence electrons. The fourth-order valence-corrected chi connectivity index (χ4v) is 8.39. The van der Waals surface area contributed by atoms with Crippen molar-refractivity contribution in [1.29, 1.82) is 0 Å². The van der Waals surface area contributed by atoms with Gasteiger partial charge in [0, 0.05) is 17.8 Å². The fraction of sp³-hybridized carbons (Fsp3) is 0.800. The number of terminal acetylenes is 1. The Bertz CT molecular complexity index is 2210. The second-order valence-corrected chi connectivity index (χ2v) is 17.8. The summed E-state index contributed by atoms with van der Waals surface area (Å²) in [5, 5.41) is 182. The van der Waals surface area contributed by atoms with Crippen LogP contribution in [0.5, 0.6) is 0 Å². The predicted molar refractivity (Wildman–Crippen MR) is 233 cm³/mol. The lowest BCUT2D eigenvalue weighted by Gasteiger charge is -2.47. The highest BCUT2D eigenvalue weighted by atomic mass is 16.8. The van der Waals surface area contributed by atoms with Crippen LogP contribution < -0.4 is 10.6 Å². The van der Waals surface area contributed by atoms with E-state index in [1.807, 2.05) is 0 Å². The number of azide groups is 1. The lowest BCUT2D eigenvalue weighted by molar-refractivity contribution is -0.339. The van der Waals surface area contributed by atoms with Gasteiger partial charge >= 0.3 is 11.9 Å². The minimum absolute atomic E-state index is 0.103. The highest BCUT2D eigenvalue weighted by Gasteiger charge is 2.59. The zero-order valence-corrected chi connectivity index (χ0v) is 39.5. The zero-order valence-electron chi connectivity index (χ0n) is 39.5. The van der Waals surface area contributed by atoms with Gasteiger partial charge < -0.3 is 130 Å². The third-order valence-corrected chi connectivity index (χ3v) is 12.5. The van der Waals surface area contributed by atoms with E-state index in [1.165, 1.54) is 0 Å². The van der Waals surface area contributed by atoms with Crippen LogP contribution in [0.25, 0.3) is 10.4 Å². The molecule has 4 fully saturated rings. The Hall–Kier alpha value is -4.99. The normalized spacial score (nSPS) is 37.3. The van der Waals surface area contributed by atoms with Crippen molar-refractivity contribution in [3.8, 4) is 12.3 Å². The summed E-state index contributed by atoms with van der Waals surface area (Å²) in [5.41, 5.74) is 8.43. The molecule has 36 nitrogen and oxygen atoms in total. The molecule has 18 N–H and O–H groups in total. The van der Waals surface area contributed by atoms with Crippen LogP contribution in [0, 0.1) is 12.3 Å². The van der Waals surface area contributed by atoms with Crippen LogP contribution in [-0.4, -0.2) is 294 Å². The summed E-state index contributed by atoms with van der Waals surface area (Å²) in [6, 6.07) is -3.47. The van der Waals surface area contributed by atoms with Crippen LogP contribution in [0.3, 0.4) is 0 Å². The van der Waals surface area contributed by atoms with Crippen molar-refractivity contribution in [1.82, 2.24) is 25.6 Å². The Morgan fingerprint density at radius 3 is 1.66 bits per heavy atom. The molecule has 2 amide bonds. The van der Waals surface area contributed by atoms with Gasteiger partial charge in [-0.05, 0) is 5.53 Å². The summed E-state index contributed by atoms with van der Waals surface area (Å²) in [7, 11) is 0. The molecular formula is C40H60N8O28. The predicted octanol–water partition coefficient (Wildman–Crippen LogP) is -11.3. The van der Waals surface area contributed by atoms with Crippen molar-refractivity contribution >= 4 is 23.8 Å². The highest BCUT2D eigenvalue weighted by Crippen LogP contribution is 2.37. The number of rotatable bonds is 25. The molecule has 0 aliphatic carbocycles. The van der Waals surface area contributed by atoms with E-state index in [0.29, 0.717) is 0 Å². The van der Waals surface area contributed by atoms with Gasteiger partial charge in [0.1, 0.15) is 111 Å². The third kappa shape index (κ3) is 14.4. The molecule has 0 radical (unpaired) electrons. The number of hydrogen-bond donors (Lipinski definition) is 18. The van der Waals surface area contributed by atoms with Crippen LogP contribution in [-0.2, 0) is 70.2 Å². The minimum Gasteiger partial charge on any atom is -0.477 e. The topological polar surface area (TPSA) is 569 Å². The molecule has 0 unspecified atom stereocenters. The molecule has 4 aliphatic heterocycles. The van der Waals surface area contributed by atoms with Gasteiger partial charge in [0.2, 0.25) is 11.8 Å². The number of carbonyl (C=O) groups is 4. The van der Waals surface area contributed by atoms with Crippen LogP contribution in [0.4, 0.5) is 0 Å². The van der Waals surface area contributed by atoms with E-state index in [0.717, 1.165) is 10.9 Å². The van der Waals surface area contributed by atoms with E-state index in [2.05, 4.69) is 36.9 Å². The molecule has 0 bridgehead atoms. The second-order valence-electron chi connectivity index (χ2n) is 17.8. The Morgan fingerprint density at radius 2 is 1.22 bits per heavy atom. The summed E-state index contributed by atoms with van der Waals surface area (Å²) in [4.78, 5) is 53.5. The quantitative estimate of drug-likeness (QED) is 0.0187. The van der Waals surface area contributed by atoms with E-state index in [4.69, 9.17) is 49.8 Å². The number of aliphatic carboxylic acids is 2. The van der Waals surface area contributed by atoms with Crippen LogP contribution in [0.15, 0.2) is 11.3 Å². The Morgan fingerprint density at radius 1 is 0.763 bits per heavy atom. The molecule has 4 aliphatic rings. The number of aliphatic hydroxyl groups is 14. The molecule has 5 heterocycles. The maximum absolute atomic E-state index is 13.4. The van der Waals surface area contributed by atoms with E-state index in [1.54, 1.807) is 0 Å². The van der Waals surface area contributed by atoms with Crippen molar-refractivity contribution in [2.75, 3.05) is 39.6 Å². The summed E-state index contributed by atoms with van der Waals surface area (Å²) in [6.07, 6.45) is -31.0. The number of aromatic nitrogens is 3. The lowest BCUT2D eigenvalue weighted by atomic mass is 9.88. The van der Waals surface area contributed by atoms with Gasteiger partial charge in [-0.3, -0.25) is 9.59 Å².